The van der Waals surface area contributed by atoms with E-state index in [1.165, 1.54) is 6.20 Å². The Kier molecular flexibility index (Phi) is 4.53. The van der Waals surface area contributed by atoms with Crippen LogP contribution in [0.25, 0.3) is 21.8 Å². The number of carbonyl (C=O) groups is 1. The van der Waals surface area contributed by atoms with Crippen LogP contribution in [-0.2, 0) is 11.8 Å². The molecule has 0 unspecified atom stereocenters. The fraction of sp³-hybridized carbons (Fsp3) is 0.250. The van der Waals surface area contributed by atoms with E-state index in [9.17, 15) is 9.59 Å². The van der Waals surface area contributed by atoms with Crippen LogP contribution in [-0.4, -0.2) is 15.9 Å². The van der Waals surface area contributed by atoms with Gasteiger partial charge in [0.05, 0.1) is 5.52 Å². The summed E-state index contributed by atoms with van der Waals surface area (Å²) in [7, 11) is 0. The molecule has 4 aromatic rings. The Labute approximate surface area is 169 Å². The minimum atomic E-state index is -0.411. The van der Waals surface area contributed by atoms with E-state index in [1.54, 1.807) is 6.07 Å². The Morgan fingerprint density at radius 3 is 2.62 bits per heavy atom. The van der Waals surface area contributed by atoms with Gasteiger partial charge >= 0.3 is 0 Å². The standard InChI is InChI=1S/C24H25N3O2/c1-5-14-7-6-8-16-21(14)26-13-17(22(16)28)23(29)27-20-12-19-15(9-10-25-19)11-18(20)24(2,3)4/h6-13,25H,5H2,1-4H3,(H,26,28)(H,27,29). The lowest BCUT2D eigenvalue weighted by atomic mass is 9.85. The molecule has 0 atom stereocenters. The summed E-state index contributed by atoms with van der Waals surface area (Å²) in [4.78, 5) is 32.4. The highest BCUT2D eigenvalue weighted by atomic mass is 16.2. The first-order chi connectivity index (χ1) is 13.8. The van der Waals surface area contributed by atoms with Gasteiger partial charge in [-0.2, -0.15) is 0 Å². The third-order valence-electron chi connectivity index (χ3n) is 5.37. The van der Waals surface area contributed by atoms with E-state index >= 15 is 0 Å². The molecule has 0 spiro atoms. The van der Waals surface area contributed by atoms with Gasteiger partial charge in [0.25, 0.3) is 5.91 Å². The zero-order valence-electron chi connectivity index (χ0n) is 17.1. The van der Waals surface area contributed by atoms with Crippen molar-refractivity contribution < 1.29 is 4.79 Å². The molecule has 0 fully saturated rings. The summed E-state index contributed by atoms with van der Waals surface area (Å²) < 4.78 is 0. The van der Waals surface area contributed by atoms with Gasteiger partial charge in [-0.05, 0) is 52.6 Å². The number of aromatic nitrogens is 2. The number of benzene rings is 2. The molecule has 2 aromatic carbocycles. The van der Waals surface area contributed by atoms with Crippen molar-refractivity contribution in [1.82, 2.24) is 9.97 Å². The molecule has 29 heavy (non-hydrogen) atoms. The molecule has 5 heteroatoms. The molecule has 0 aliphatic carbocycles. The molecule has 0 saturated carbocycles. The highest BCUT2D eigenvalue weighted by Crippen LogP contribution is 2.33. The van der Waals surface area contributed by atoms with Gasteiger partial charge in [-0.25, -0.2) is 0 Å². The first-order valence-electron chi connectivity index (χ1n) is 9.86. The van der Waals surface area contributed by atoms with Crippen molar-refractivity contribution in [3.8, 4) is 0 Å². The van der Waals surface area contributed by atoms with E-state index in [2.05, 4.69) is 42.1 Å². The summed E-state index contributed by atoms with van der Waals surface area (Å²) in [6, 6.07) is 11.6. The minimum Gasteiger partial charge on any atom is -0.361 e. The SMILES string of the molecule is CCc1cccc2c(=O)c(C(=O)Nc3cc4[nH]ccc4cc3C(C)(C)C)c[nH]c12. The van der Waals surface area contributed by atoms with Gasteiger partial charge in [-0.3, -0.25) is 9.59 Å². The number of aromatic amines is 2. The van der Waals surface area contributed by atoms with Crippen LogP contribution in [0.2, 0.25) is 0 Å². The van der Waals surface area contributed by atoms with E-state index in [0.29, 0.717) is 11.1 Å². The van der Waals surface area contributed by atoms with Crippen molar-refractivity contribution in [3.63, 3.8) is 0 Å². The maximum Gasteiger partial charge on any atom is 0.261 e. The smallest absolute Gasteiger partial charge is 0.261 e. The average Bonchev–Trinajstić information content (AvgIpc) is 3.14. The number of aryl methyl sites for hydroxylation is 1. The van der Waals surface area contributed by atoms with Crippen molar-refractivity contribution in [2.45, 2.75) is 39.5 Å². The van der Waals surface area contributed by atoms with Crippen molar-refractivity contribution in [1.29, 1.82) is 0 Å². The van der Waals surface area contributed by atoms with Crippen LogP contribution < -0.4 is 10.7 Å². The number of anilines is 1. The van der Waals surface area contributed by atoms with Crippen molar-refractivity contribution in [3.05, 3.63) is 75.7 Å². The largest absolute Gasteiger partial charge is 0.361 e. The molecule has 3 N–H and O–H groups in total. The number of rotatable bonds is 3. The summed E-state index contributed by atoms with van der Waals surface area (Å²) in [5.74, 6) is -0.411. The molecule has 148 valence electrons. The van der Waals surface area contributed by atoms with Gasteiger partial charge in [-0.15, -0.1) is 0 Å². The van der Waals surface area contributed by atoms with Crippen LogP contribution in [0.4, 0.5) is 5.69 Å². The third-order valence-corrected chi connectivity index (χ3v) is 5.37. The Morgan fingerprint density at radius 1 is 1.10 bits per heavy atom. The Balaban J connectivity index is 1.79. The van der Waals surface area contributed by atoms with Gasteiger partial charge in [0, 0.05) is 29.0 Å². The van der Waals surface area contributed by atoms with Gasteiger partial charge in [0.2, 0.25) is 5.43 Å². The van der Waals surface area contributed by atoms with Crippen LogP contribution >= 0.6 is 0 Å². The second-order valence-electron chi connectivity index (χ2n) is 8.39. The molecule has 0 aliphatic heterocycles. The van der Waals surface area contributed by atoms with Crippen molar-refractivity contribution in [2.24, 2.45) is 0 Å². The number of carbonyl (C=O) groups excluding carboxylic acids is 1. The highest BCUT2D eigenvalue weighted by Gasteiger charge is 2.22. The van der Waals surface area contributed by atoms with E-state index in [0.717, 1.165) is 34.0 Å². The summed E-state index contributed by atoms with van der Waals surface area (Å²) in [6.45, 7) is 8.35. The molecule has 1 amide bonds. The van der Waals surface area contributed by atoms with E-state index < -0.39 is 5.91 Å². The maximum absolute atomic E-state index is 13.0. The van der Waals surface area contributed by atoms with Crippen LogP contribution in [0, 0.1) is 0 Å². The summed E-state index contributed by atoms with van der Waals surface area (Å²) in [5, 5.41) is 4.59. The summed E-state index contributed by atoms with van der Waals surface area (Å²) >= 11 is 0. The first-order valence-corrected chi connectivity index (χ1v) is 9.86. The van der Waals surface area contributed by atoms with E-state index in [4.69, 9.17) is 0 Å². The lowest BCUT2D eigenvalue weighted by Gasteiger charge is -2.23. The number of para-hydroxylation sites is 1. The molecule has 5 nitrogen and oxygen atoms in total. The predicted octanol–water partition coefficient (Wildman–Crippen LogP) is 5.12. The van der Waals surface area contributed by atoms with Gasteiger partial charge in [0.15, 0.2) is 0 Å². The van der Waals surface area contributed by atoms with Gasteiger partial charge < -0.3 is 15.3 Å². The second kappa shape index (κ2) is 6.92. The number of hydrogen-bond acceptors (Lipinski definition) is 2. The van der Waals surface area contributed by atoms with Crippen LogP contribution in [0.5, 0.6) is 0 Å². The molecule has 0 bridgehead atoms. The summed E-state index contributed by atoms with van der Waals surface area (Å²) in [6.07, 6.45) is 4.20. The van der Waals surface area contributed by atoms with E-state index in [-0.39, 0.29) is 16.4 Å². The highest BCUT2D eigenvalue weighted by molar-refractivity contribution is 6.07. The van der Waals surface area contributed by atoms with Gasteiger partial charge in [0.1, 0.15) is 5.56 Å². The van der Waals surface area contributed by atoms with Crippen molar-refractivity contribution in [2.75, 3.05) is 5.32 Å². The Morgan fingerprint density at radius 2 is 1.90 bits per heavy atom. The quantitative estimate of drug-likeness (QED) is 0.456. The second-order valence-corrected chi connectivity index (χ2v) is 8.39. The van der Waals surface area contributed by atoms with E-state index in [1.807, 2.05) is 37.4 Å². The predicted molar refractivity (Wildman–Crippen MR) is 119 cm³/mol. The fourth-order valence-electron chi connectivity index (χ4n) is 3.79. The van der Waals surface area contributed by atoms with Crippen molar-refractivity contribution >= 4 is 33.4 Å². The van der Waals surface area contributed by atoms with Gasteiger partial charge in [-0.1, -0.05) is 39.8 Å². The average molecular weight is 387 g/mol. The third kappa shape index (κ3) is 3.33. The Hall–Kier alpha value is -3.34. The maximum atomic E-state index is 13.0. The lowest BCUT2D eigenvalue weighted by Crippen LogP contribution is -2.24. The number of hydrogen-bond donors (Lipinski definition) is 3. The van der Waals surface area contributed by atoms with Crippen LogP contribution in [0.3, 0.4) is 0 Å². The first kappa shape index (κ1) is 19.0. The Bertz CT molecular complexity index is 1290. The monoisotopic (exact) mass is 387 g/mol. The van der Waals surface area contributed by atoms with Crippen LogP contribution in [0.1, 0.15) is 49.2 Å². The number of nitrogens with one attached hydrogen (secondary N) is 3. The topological polar surface area (TPSA) is 77.8 Å². The lowest BCUT2D eigenvalue weighted by molar-refractivity contribution is 0.102. The molecular formula is C24H25N3O2. The molecule has 4 rings (SSSR count). The molecule has 0 saturated heterocycles. The molecule has 2 aromatic heterocycles. The number of fused-ring (bicyclic) bond motifs is 2. The number of pyridine rings is 1. The van der Waals surface area contributed by atoms with Crippen LogP contribution in [0.15, 0.2) is 53.6 Å². The normalized spacial score (nSPS) is 11.9. The zero-order chi connectivity index (χ0) is 20.8. The molecule has 2 heterocycles. The molecular weight excluding hydrogens is 362 g/mol. The molecule has 0 aliphatic rings. The number of H-pyrrole nitrogens is 2. The zero-order valence-corrected chi connectivity index (χ0v) is 17.1. The molecule has 0 radical (unpaired) electrons. The number of amides is 1. The minimum absolute atomic E-state index is 0.109. The fourth-order valence-corrected chi connectivity index (χ4v) is 3.79. The summed E-state index contributed by atoms with van der Waals surface area (Å²) in [5.41, 5.74) is 4.19.